The Morgan fingerprint density at radius 1 is 1.12 bits per heavy atom. The van der Waals surface area contributed by atoms with Crippen LogP contribution < -0.4 is 5.32 Å². The molecule has 0 bridgehead atoms. The maximum atomic E-state index is 12.0. The molecule has 0 aromatic rings. The molecule has 2 aliphatic rings. The monoisotopic (exact) mass is 339 g/mol. The number of imide groups is 1. The highest BCUT2D eigenvalue weighted by atomic mass is 16.7. The first kappa shape index (κ1) is 18.4. The largest absolute Gasteiger partial charge is 0.354 e. The summed E-state index contributed by atoms with van der Waals surface area (Å²) in [6, 6.07) is 0.744. The number of carbonyl (C=O) groups excluding carboxylic acids is 4. The molecular formula is C16H25N3O5. The molecule has 2 fully saturated rings. The Labute approximate surface area is 141 Å². The van der Waals surface area contributed by atoms with Crippen LogP contribution in [0.1, 0.15) is 52.4 Å². The highest BCUT2D eigenvalue weighted by Crippen LogP contribution is 2.21. The molecule has 134 valence electrons. The lowest BCUT2D eigenvalue weighted by Crippen LogP contribution is -2.48. The molecule has 2 heterocycles. The van der Waals surface area contributed by atoms with Gasteiger partial charge in [0.1, 0.15) is 0 Å². The standard InChI is InChI=1S/C16H25N3O5/c1-11-4-3-5-12(2)18(11)10-13(20)17-9-8-16(23)24-19-14(21)6-7-15(19)22/h11-12H,3-10H2,1-2H3,(H,17,20). The first-order valence-corrected chi connectivity index (χ1v) is 8.47. The zero-order chi connectivity index (χ0) is 17.7. The van der Waals surface area contributed by atoms with Crippen LogP contribution in [0, 0.1) is 0 Å². The summed E-state index contributed by atoms with van der Waals surface area (Å²) in [6.07, 6.45) is 3.39. The SMILES string of the molecule is CC1CCCC(C)N1CC(=O)NCCC(=O)ON1C(=O)CCC1=O. The lowest BCUT2D eigenvalue weighted by Gasteiger charge is -2.38. The van der Waals surface area contributed by atoms with Crippen LogP contribution in [0.2, 0.25) is 0 Å². The van der Waals surface area contributed by atoms with Gasteiger partial charge in [-0.2, -0.15) is 0 Å². The van der Waals surface area contributed by atoms with Gasteiger partial charge >= 0.3 is 5.97 Å². The molecule has 0 aliphatic carbocycles. The van der Waals surface area contributed by atoms with Crippen LogP contribution in [0.5, 0.6) is 0 Å². The third-order valence-corrected chi connectivity index (χ3v) is 4.55. The minimum absolute atomic E-state index is 0.0645. The molecule has 2 saturated heterocycles. The quantitative estimate of drug-likeness (QED) is 0.702. The predicted octanol–water partition coefficient (Wildman–Crippen LogP) is 0.363. The van der Waals surface area contributed by atoms with Crippen molar-refractivity contribution in [2.45, 2.75) is 64.5 Å². The van der Waals surface area contributed by atoms with Crippen molar-refractivity contribution in [3.8, 4) is 0 Å². The van der Waals surface area contributed by atoms with Gasteiger partial charge in [-0.25, -0.2) is 4.79 Å². The van der Waals surface area contributed by atoms with E-state index in [1.165, 1.54) is 6.42 Å². The third-order valence-electron chi connectivity index (χ3n) is 4.55. The van der Waals surface area contributed by atoms with Crippen molar-refractivity contribution in [2.75, 3.05) is 13.1 Å². The Morgan fingerprint density at radius 2 is 1.71 bits per heavy atom. The average molecular weight is 339 g/mol. The molecule has 8 nitrogen and oxygen atoms in total. The number of rotatable bonds is 6. The van der Waals surface area contributed by atoms with Crippen LogP contribution in [0.4, 0.5) is 0 Å². The molecule has 2 aliphatic heterocycles. The zero-order valence-corrected chi connectivity index (χ0v) is 14.2. The second kappa shape index (κ2) is 8.23. The predicted molar refractivity (Wildman–Crippen MR) is 84.3 cm³/mol. The lowest BCUT2D eigenvalue weighted by molar-refractivity contribution is -0.197. The van der Waals surface area contributed by atoms with Crippen molar-refractivity contribution in [3.63, 3.8) is 0 Å². The second-order valence-corrected chi connectivity index (χ2v) is 6.45. The first-order chi connectivity index (χ1) is 11.4. The van der Waals surface area contributed by atoms with Crippen LogP contribution >= 0.6 is 0 Å². The van der Waals surface area contributed by atoms with E-state index in [9.17, 15) is 19.2 Å². The molecule has 0 spiro atoms. The van der Waals surface area contributed by atoms with E-state index in [-0.39, 0.29) is 31.7 Å². The average Bonchev–Trinajstić information content (AvgIpc) is 2.83. The van der Waals surface area contributed by atoms with Gasteiger partial charge in [0.2, 0.25) is 5.91 Å². The number of hydroxylamine groups is 2. The summed E-state index contributed by atoms with van der Waals surface area (Å²) in [5.41, 5.74) is 0. The molecule has 2 unspecified atom stereocenters. The molecule has 2 atom stereocenters. The Hall–Kier alpha value is -1.96. The Morgan fingerprint density at radius 3 is 2.29 bits per heavy atom. The molecule has 0 aromatic carbocycles. The number of carbonyl (C=O) groups is 4. The molecule has 24 heavy (non-hydrogen) atoms. The maximum Gasteiger partial charge on any atom is 0.334 e. The lowest BCUT2D eigenvalue weighted by atomic mass is 9.97. The summed E-state index contributed by atoms with van der Waals surface area (Å²) < 4.78 is 0. The summed E-state index contributed by atoms with van der Waals surface area (Å²) >= 11 is 0. The van der Waals surface area contributed by atoms with E-state index in [2.05, 4.69) is 24.1 Å². The van der Waals surface area contributed by atoms with Crippen LogP contribution in [0.15, 0.2) is 0 Å². The number of nitrogens with one attached hydrogen (secondary N) is 1. The van der Waals surface area contributed by atoms with E-state index in [0.717, 1.165) is 12.8 Å². The van der Waals surface area contributed by atoms with Crippen molar-refractivity contribution < 1.29 is 24.0 Å². The van der Waals surface area contributed by atoms with Crippen molar-refractivity contribution in [3.05, 3.63) is 0 Å². The fourth-order valence-electron chi connectivity index (χ4n) is 3.12. The van der Waals surface area contributed by atoms with Gasteiger partial charge in [-0.1, -0.05) is 6.42 Å². The summed E-state index contributed by atoms with van der Waals surface area (Å²) in [5.74, 6) is -1.87. The second-order valence-electron chi connectivity index (χ2n) is 6.45. The van der Waals surface area contributed by atoms with Crippen molar-refractivity contribution in [1.29, 1.82) is 0 Å². The highest BCUT2D eigenvalue weighted by Gasteiger charge is 2.32. The number of amides is 3. The van der Waals surface area contributed by atoms with Gasteiger partial charge in [-0.3, -0.25) is 19.3 Å². The number of nitrogens with zero attached hydrogens (tertiary/aromatic N) is 2. The van der Waals surface area contributed by atoms with Gasteiger partial charge in [0.25, 0.3) is 11.8 Å². The Bertz CT molecular complexity index is 496. The molecule has 8 heteroatoms. The van der Waals surface area contributed by atoms with E-state index in [1.54, 1.807) is 0 Å². The van der Waals surface area contributed by atoms with E-state index in [0.29, 0.717) is 23.7 Å². The van der Waals surface area contributed by atoms with Crippen LogP contribution in [0.3, 0.4) is 0 Å². The fourth-order valence-corrected chi connectivity index (χ4v) is 3.12. The summed E-state index contributed by atoms with van der Waals surface area (Å²) in [5, 5.41) is 3.19. The Kier molecular flexibility index (Phi) is 6.30. The maximum absolute atomic E-state index is 12.0. The molecule has 0 aromatic heterocycles. The molecule has 2 rings (SSSR count). The van der Waals surface area contributed by atoms with Crippen LogP contribution in [-0.4, -0.2) is 58.8 Å². The summed E-state index contributed by atoms with van der Waals surface area (Å²) in [7, 11) is 0. The minimum Gasteiger partial charge on any atom is -0.354 e. The van der Waals surface area contributed by atoms with Crippen molar-refractivity contribution >= 4 is 23.7 Å². The Balaban J connectivity index is 1.67. The van der Waals surface area contributed by atoms with E-state index in [4.69, 9.17) is 4.84 Å². The van der Waals surface area contributed by atoms with Crippen LogP contribution in [0.25, 0.3) is 0 Å². The molecule has 0 radical (unpaired) electrons. The first-order valence-electron chi connectivity index (χ1n) is 8.47. The van der Waals surface area contributed by atoms with Gasteiger partial charge in [0.05, 0.1) is 13.0 Å². The summed E-state index contributed by atoms with van der Waals surface area (Å²) in [6.45, 7) is 4.65. The normalized spacial score (nSPS) is 25.0. The van der Waals surface area contributed by atoms with E-state index < -0.39 is 17.8 Å². The van der Waals surface area contributed by atoms with Crippen LogP contribution in [-0.2, 0) is 24.0 Å². The molecule has 3 amide bonds. The minimum atomic E-state index is -0.710. The third kappa shape index (κ3) is 4.77. The molecule has 0 saturated carbocycles. The number of hydrogen-bond donors (Lipinski definition) is 1. The fraction of sp³-hybridized carbons (Fsp3) is 0.750. The van der Waals surface area contributed by atoms with Gasteiger partial charge in [0, 0.05) is 31.5 Å². The number of hydrogen-bond acceptors (Lipinski definition) is 6. The van der Waals surface area contributed by atoms with Gasteiger partial charge in [-0.05, 0) is 26.7 Å². The smallest absolute Gasteiger partial charge is 0.334 e. The zero-order valence-electron chi connectivity index (χ0n) is 14.2. The number of piperidine rings is 1. The van der Waals surface area contributed by atoms with Gasteiger partial charge in [-0.15, -0.1) is 5.06 Å². The topological polar surface area (TPSA) is 96.0 Å². The van der Waals surface area contributed by atoms with Crippen molar-refractivity contribution in [1.82, 2.24) is 15.3 Å². The molecule has 1 N–H and O–H groups in total. The van der Waals surface area contributed by atoms with E-state index >= 15 is 0 Å². The van der Waals surface area contributed by atoms with Gasteiger partial charge < -0.3 is 10.2 Å². The highest BCUT2D eigenvalue weighted by molar-refractivity contribution is 6.01. The number of likely N-dealkylation sites (tertiary alicyclic amines) is 1. The van der Waals surface area contributed by atoms with Gasteiger partial charge in [0.15, 0.2) is 0 Å². The summed E-state index contributed by atoms with van der Waals surface area (Å²) in [4.78, 5) is 53.2. The van der Waals surface area contributed by atoms with E-state index in [1.807, 2.05) is 0 Å². The molecular weight excluding hydrogens is 314 g/mol. The van der Waals surface area contributed by atoms with Crippen molar-refractivity contribution in [2.24, 2.45) is 0 Å².